The second-order valence-corrected chi connectivity index (χ2v) is 8.63. The van der Waals surface area contributed by atoms with Crippen molar-refractivity contribution in [2.45, 2.75) is 110 Å². The molecule has 168 valence electrons. The summed E-state index contributed by atoms with van der Waals surface area (Å²) in [6, 6.07) is 11.9. The highest BCUT2D eigenvalue weighted by Gasteiger charge is 2.34. The Balaban J connectivity index is 0.00000784. The second kappa shape index (κ2) is 18.0. The van der Waals surface area contributed by atoms with E-state index in [0.717, 1.165) is 4.48 Å². The van der Waals surface area contributed by atoms with Crippen molar-refractivity contribution in [3.8, 4) is 0 Å². The lowest BCUT2D eigenvalue weighted by atomic mass is 9.94. The predicted octanol–water partition coefficient (Wildman–Crippen LogP) is 5.82. The summed E-state index contributed by atoms with van der Waals surface area (Å²) < 4.78 is 1.09. The van der Waals surface area contributed by atoms with Gasteiger partial charge in [-0.15, -0.1) is 0 Å². The van der Waals surface area contributed by atoms with E-state index in [0.29, 0.717) is 6.04 Å². The average Bonchev–Trinajstić information content (AvgIpc) is 2.74. The van der Waals surface area contributed by atoms with Gasteiger partial charge in [0.05, 0.1) is 19.3 Å². The molecule has 1 nitrogen and oxygen atoms in total. The first-order chi connectivity index (χ1) is 13.7. The van der Waals surface area contributed by atoms with Crippen molar-refractivity contribution in [2.24, 2.45) is 0 Å². The van der Waals surface area contributed by atoms with Crippen LogP contribution in [0, 0.1) is 0 Å². The Morgan fingerprint density at radius 2 is 1.21 bits per heavy atom. The normalized spacial score (nSPS) is 12.4. The molecule has 0 bridgehead atoms. The van der Waals surface area contributed by atoms with Crippen LogP contribution < -0.4 is 12.4 Å². The summed E-state index contributed by atoms with van der Waals surface area (Å²) in [4.78, 5) is 0. The zero-order chi connectivity index (χ0) is 20.5. The highest BCUT2D eigenvalue weighted by Crippen LogP contribution is 2.36. The van der Waals surface area contributed by atoms with Crippen LogP contribution in [0.3, 0.4) is 0 Å². The summed E-state index contributed by atoms with van der Waals surface area (Å²) in [5.74, 6) is 0. The maximum atomic E-state index is 4.39. The fourth-order valence-electron chi connectivity index (χ4n) is 4.56. The van der Waals surface area contributed by atoms with Crippen molar-refractivity contribution in [1.82, 2.24) is 0 Å². The minimum absolute atomic E-state index is 0. The SMILES string of the molecule is C=C[N+](CCCCCC)(CCCCCC)C(CCCCCC)c1ccccc1.[Cl-]. The third-order valence-electron chi connectivity index (χ3n) is 6.36. The van der Waals surface area contributed by atoms with Crippen molar-refractivity contribution in [3.63, 3.8) is 0 Å². The van der Waals surface area contributed by atoms with E-state index in [9.17, 15) is 0 Å². The summed E-state index contributed by atoms with van der Waals surface area (Å²) >= 11 is 0. The van der Waals surface area contributed by atoms with Crippen LogP contribution >= 0.6 is 0 Å². The Labute approximate surface area is 189 Å². The van der Waals surface area contributed by atoms with Crippen molar-refractivity contribution in [2.75, 3.05) is 13.1 Å². The second-order valence-electron chi connectivity index (χ2n) is 8.63. The maximum Gasteiger partial charge on any atom is 0.119 e. The molecule has 1 unspecified atom stereocenters. The lowest BCUT2D eigenvalue weighted by molar-refractivity contribution is -0.911. The molecule has 2 heteroatoms. The van der Waals surface area contributed by atoms with Crippen molar-refractivity contribution in [3.05, 3.63) is 48.7 Å². The van der Waals surface area contributed by atoms with Gasteiger partial charge in [-0.25, -0.2) is 0 Å². The van der Waals surface area contributed by atoms with Crippen molar-refractivity contribution >= 4 is 0 Å². The van der Waals surface area contributed by atoms with E-state index < -0.39 is 0 Å². The van der Waals surface area contributed by atoms with Crippen molar-refractivity contribution < 1.29 is 16.9 Å². The van der Waals surface area contributed by atoms with E-state index in [1.807, 2.05) is 0 Å². The van der Waals surface area contributed by atoms with Crippen LogP contribution in [0.1, 0.15) is 116 Å². The van der Waals surface area contributed by atoms with Gasteiger partial charge in [0.25, 0.3) is 0 Å². The summed E-state index contributed by atoms with van der Waals surface area (Å²) in [6.07, 6.45) is 19.7. The van der Waals surface area contributed by atoms with Crippen LogP contribution in [0.5, 0.6) is 0 Å². The molecule has 0 amide bonds. The highest BCUT2D eigenvalue weighted by molar-refractivity contribution is 5.17. The molecule has 1 aromatic carbocycles. The number of halogens is 1. The molecule has 0 radical (unpaired) electrons. The van der Waals surface area contributed by atoms with Gasteiger partial charge in [0.1, 0.15) is 6.04 Å². The minimum atomic E-state index is 0. The molecular weight excluding hydrogens is 374 g/mol. The lowest BCUT2D eigenvalue weighted by Crippen LogP contribution is -3.00. The molecule has 0 N–H and O–H groups in total. The standard InChI is InChI=1S/C27H48N.ClH/c1-5-9-12-18-23-27(26-21-16-15-17-22-26)28(8-4,24-19-13-10-6-2)25-20-14-11-7-3;/h8,15-17,21-22,27H,4-7,9-14,18-20,23-25H2,1-3H3;1H/q+1;/p-1. The monoisotopic (exact) mass is 421 g/mol. The smallest absolute Gasteiger partial charge is 0.119 e. The van der Waals surface area contributed by atoms with Gasteiger partial charge in [-0.3, -0.25) is 4.48 Å². The van der Waals surface area contributed by atoms with Crippen LogP contribution in [-0.4, -0.2) is 17.6 Å². The molecule has 0 saturated heterocycles. The summed E-state index contributed by atoms with van der Waals surface area (Å²) in [5.41, 5.74) is 1.52. The quantitative estimate of drug-likeness (QED) is 0.207. The van der Waals surface area contributed by atoms with Crippen LogP contribution in [-0.2, 0) is 0 Å². The Morgan fingerprint density at radius 3 is 1.66 bits per heavy atom. The summed E-state index contributed by atoms with van der Waals surface area (Å²) in [7, 11) is 0. The minimum Gasteiger partial charge on any atom is -1.00 e. The third-order valence-corrected chi connectivity index (χ3v) is 6.36. The number of hydrogen-bond acceptors (Lipinski definition) is 0. The van der Waals surface area contributed by atoms with E-state index in [-0.39, 0.29) is 12.4 Å². The average molecular weight is 422 g/mol. The Bertz CT molecular complexity index is 473. The number of rotatable bonds is 18. The van der Waals surface area contributed by atoms with Crippen LogP contribution in [0.2, 0.25) is 0 Å². The number of quaternary nitrogens is 1. The van der Waals surface area contributed by atoms with E-state index in [2.05, 4.69) is 63.9 Å². The first-order valence-electron chi connectivity index (χ1n) is 12.3. The molecule has 0 aliphatic heterocycles. The van der Waals surface area contributed by atoms with E-state index >= 15 is 0 Å². The number of benzene rings is 1. The number of hydrogen-bond donors (Lipinski definition) is 0. The molecule has 0 heterocycles. The van der Waals surface area contributed by atoms with Crippen LogP contribution in [0.25, 0.3) is 0 Å². The zero-order valence-corrected chi connectivity index (χ0v) is 20.4. The van der Waals surface area contributed by atoms with E-state index in [1.54, 1.807) is 0 Å². The first-order valence-corrected chi connectivity index (χ1v) is 12.3. The largest absolute Gasteiger partial charge is 1.00 e. The third kappa shape index (κ3) is 10.7. The van der Waals surface area contributed by atoms with Crippen molar-refractivity contribution in [1.29, 1.82) is 0 Å². The number of nitrogens with zero attached hydrogens (tertiary/aromatic N) is 1. The molecular formula is C27H48ClN. The van der Waals surface area contributed by atoms with Gasteiger partial charge in [0.15, 0.2) is 0 Å². The molecule has 0 saturated carbocycles. The predicted molar refractivity (Wildman–Crippen MR) is 126 cm³/mol. The Morgan fingerprint density at radius 1 is 0.724 bits per heavy atom. The van der Waals surface area contributed by atoms with Gasteiger partial charge in [0, 0.05) is 12.0 Å². The maximum absolute atomic E-state index is 4.39. The fourth-order valence-corrected chi connectivity index (χ4v) is 4.56. The molecule has 1 aromatic rings. The van der Waals surface area contributed by atoms with Gasteiger partial charge >= 0.3 is 0 Å². The molecule has 1 rings (SSSR count). The molecule has 0 fully saturated rings. The molecule has 0 aliphatic rings. The summed E-state index contributed by atoms with van der Waals surface area (Å²) in [6.45, 7) is 13.8. The first kappa shape index (κ1) is 28.2. The van der Waals surface area contributed by atoms with Crippen LogP contribution in [0.15, 0.2) is 43.1 Å². The highest BCUT2D eigenvalue weighted by atomic mass is 35.5. The van der Waals surface area contributed by atoms with Gasteiger partial charge < -0.3 is 12.4 Å². The molecule has 0 spiro atoms. The molecule has 29 heavy (non-hydrogen) atoms. The van der Waals surface area contributed by atoms with Gasteiger partial charge in [-0.05, 0) is 38.7 Å². The van der Waals surface area contributed by atoms with Gasteiger partial charge in [0.2, 0.25) is 0 Å². The molecule has 0 aliphatic carbocycles. The number of unbranched alkanes of at least 4 members (excludes halogenated alkanes) is 9. The van der Waals surface area contributed by atoms with Gasteiger partial charge in [-0.1, -0.05) is 96.0 Å². The van der Waals surface area contributed by atoms with Gasteiger partial charge in [-0.2, -0.15) is 0 Å². The molecule has 1 atom stereocenters. The molecule has 0 aromatic heterocycles. The lowest BCUT2D eigenvalue weighted by Gasteiger charge is -2.42. The Hall–Kier alpha value is -0.790. The van der Waals surface area contributed by atoms with Crippen LogP contribution in [0.4, 0.5) is 0 Å². The zero-order valence-electron chi connectivity index (χ0n) is 19.7. The summed E-state index contributed by atoms with van der Waals surface area (Å²) in [5, 5.41) is 0. The van der Waals surface area contributed by atoms with E-state index in [1.165, 1.54) is 102 Å². The fraction of sp³-hybridized carbons (Fsp3) is 0.704. The Kier molecular flexibility index (Phi) is 17.5. The van der Waals surface area contributed by atoms with E-state index in [4.69, 9.17) is 0 Å². The topological polar surface area (TPSA) is 0 Å².